The Labute approximate surface area is 219 Å². The van der Waals surface area contributed by atoms with Crippen LogP contribution in [-0.4, -0.2) is 67.4 Å². The number of morpholine rings is 1. The van der Waals surface area contributed by atoms with E-state index >= 15 is 4.39 Å². The number of terminal acetylenes is 1. The van der Waals surface area contributed by atoms with E-state index in [2.05, 4.69) is 21.2 Å². The molecule has 0 aliphatic carbocycles. The lowest BCUT2D eigenvalue weighted by Gasteiger charge is -2.29. The minimum atomic E-state index is -0.590. The number of halogens is 2. The van der Waals surface area contributed by atoms with Crippen LogP contribution in [0.4, 0.5) is 20.5 Å². The van der Waals surface area contributed by atoms with Crippen LogP contribution in [-0.2, 0) is 4.74 Å². The van der Waals surface area contributed by atoms with Crippen LogP contribution in [0.3, 0.4) is 0 Å². The molecular formula is C29H28F2N6O. The lowest BCUT2D eigenvalue weighted by molar-refractivity contribution is 0.122. The van der Waals surface area contributed by atoms with Crippen LogP contribution in [0.15, 0.2) is 36.5 Å². The fourth-order valence-electron chi connectivity index (χ4n) is 5.44. The molecule has 0 unspecified atom stereocenters. The highest BCUT2D eigenvalue weighted by atomic mass is 19.1. The van der Waals surface area contributed by atoms with E-state index in [0.717, 1.165) is 25.9 Å². The first-order chi connectivity index (χ1) is 18.5. The summed E-state index contributed by atoms with van der Waals surface area (Å²) in [4.78, 5) is 18.1. The second-order valence-corrected chi connectivity index (χ2v) is 9.77. The van der Waals surface area contributed by atoms with Crippen molar-refractivity contribution in [3.63, 3.8) is 0 Å². The van der Waals surface area contributed by atoms with Gasteiger partial charge in [-0.3, -0.25) is 4.98 Å². The summed E-state index contributed by atoms with van der Waals surface area (Å²) < 4.78 is 36.6. The highest BCUT2D eigenvalue weighted by molar-refractivity contribution is 6.02. The zero-order chi connectivity index (χ0) is 26.2. The van der Waals surface area contributed by atoms with Gasteiger partial charge in [0.2, 0.25) is 5.95 Å². The number of aromatic nitrogens is 3. The summed E-state index contributed by atoms with van der Waals surface area (Å²) in [6, 6.07) is 8.62. The van der Waals surface area contributed by atoms with Crippen molar-refractivity contribution in [3.8, 4) is 23.6 Å². The molecule has 2 aromatic carbocycles. The molecule has 4 aromatic rings. The van der Waals surface area contributed by atoms with Crippen molar-refractivity contribution in [1.82, 2.24) is 20.3 Å². The Hall–Kier alpha value is -3.87. The number of benzene rings is 2. The lowest BCUT2D eigenvalue weighted by Crippen LogP contribution is -2.38. The van der Waals surface area contributed by atoms with E-state index in [9.17, 15) is 4.39 Å². The number of ether oxygens (including phenoxy) is 1. The normalized spacial score (nSPS) is 17.7. The molecule has 1 atom stereocenters. The molecular weight excluding hydrogens is 486 g/mol. The highest BCUT2D eigenvalue weighted by Crippen LogP contribution is 2.36. The molecule has 1 N–H and O–H groups in total. The molecule has 0 spiro atoms. The molecule has 7 nitrogen and oxygen atoms in total. The first-order valence-corrected chi connectivity index (χ1v) is 12.9. The smallest absolute Gasteiger partial charge is 0.228 e. The van der Waals surface area contributed by atoms with E-state index < -0.39 is 11.6 Å². The Balaban J connectivity index is 1.55. The van der Waals surface area contributed by atoms with Gasteiger partial charge in [-0.15, -0.1) is 6.42 Å². The van der Waals surface area contributed by atoms with Crippen molar-refractivity contribution in [2.24, 2.45) is 0 Å². The number of hydrogen-bond donors (Lipinski definition) is 1. The number of nitrogens with zero attached hydrogens (tertiary/aromatic N) is 5. The maximum atomic E-state index is 16.4. The maximum Gasteiger partial charge on any atom is 0.228 e. The molecule has 2 saturated heterocycles. The summed E-state index contributed by atoms with van der Waals surface area (Å²) in [6.07, 6.45) is 9.48. The Morgan fingerprint density at radius 2 is 2.03 bits per heavy atom. The van der Waals surface area contributed by atoms with Gasteiger partial charge in [-0.1, -0.05) is 30.2 Å². The number of nitrogens with one attached hydrogen (secondary N) is 1. The van der Waals surface area contributed by atoms with E-state index in [1.54, 1.807) is 24.4 Å². The number of anilines is 2. The second kappa shape index (κ2) is 10.1. The Morgan fingerprint density at radius 1 is 1.18 bits per heavy atom. The van der Waals surface area contributed by atoms with Gasteiger partial charge in [-0.25, -0.2) is 13.8 Å². The van der Waals surface area contributed by atoms with Gasteiger partial charge in [0.25, 0.3) is 0 Å². The van der Waals surface area contributed by atoms with Crippen molar-refractivity contribution in [1.29, 1.82) is 0 Å². The van der Waals surface area contributed by atoms with Gasteiger partial charge in [0, 0.05) is 49.9 Å². The third-order valence-electron chi connectivity index (χ3n) is 7.36. The summed E-state index contributed by atoms with van der Waals surface area (Å²) >= 11 is 0. The number of rotatable bonds is 5. The predicted molar refractivity (Wildman–Crippen MR) is 145 cm³/mol. The van der Waals surface area contributed by atoms with E-state index in [0.29, 0.717) is 65.8 Å². The summed E-state index contributed by atoms with van der Waals surface area (Å²) in [5, 5.41) is 5.19. The van der Waals surface area contributed by atoms with Crippen molar-refractivity contribution in [2.45, 2.75) is 18.9 Å². The fraction of sp³-hybridized carbons (Fsp3) is 0.345. The van der Waals surface area contributed by atoms with Gasteiger partial charge in [0.05, 0.1) is 24.2 Å². The standard InChI is InChI=1S/C29H28F2N6O/c1-3-20-23(30)10-9-18-6-4-8-21(24(18)20)26-25(31)27-22(16-33-26)28(36(2)17-19-7-5-11-32-19)35-29(34-27)37-12-14-38-15-13-37/h1,4,6,8-10,16,19,32H,5,7,11-15,17H2,2H3/t19-/m0/s1. The fourth-order valence-corrected chi connectivity index (χ4v) is 5.44. The van der Waals surface area contributed by atoms with Crippen molar-refractivity contribution >= 4 is 33.4 Å². The Bertz CT molecular complexity index is 1560. The molecule has 2 aliphatic rings. The number of hydrogen-bond acceptors (Lipinski definition) is 7. The third-order valence-corrected chi connectivity index (χ3v) is 7.36. The topological polar surface area (TPSA) is 66.4 Å². The largest absolute Gasteiger partial charge is 0.378 e. The average Bonchev–Trinajstić information content (AvgIpc) is 3.46. The zero-order valence-electron chi connectivity index (χ0n) is 21.2. The van der Waals surface area contributed by atoms with E-state index in [-0.39, 0.29) is 16.8 Å². The molecule has 0 bridgehead atoms. The van der Waals surface area contributed by atoms with E-state index in [4.69, 9.17) is 16.1 Å². The van der Waals surface area contributed by atoms with Crippen molar-refractivity contribution in [3.05, 3.63) is 53.7 Å². The van der Waals surface area contributed by atoms with Gasteiger partial charge in [0.1, 0.15) is 22.8 Å². The van der Waals surface area contributed by atoms with E-state index in [1.807, 2.05) is 22.9 Å². The van der Waals surface area contributed by atoms with Crippen LogP contribution in [0, 0.1) is 24.0 Å². The van der Waals surface area contributed by atoms with Crippen LogP contribution < -0.4 is 15.1 Å². The first kappa shape index (κ1) is 24.5. The second-order valence-electron chi connectivity index (χ2n) is 9.77. The summed E-state index contributed by atoms with van der Waals surface area (Å²) in [6.45, 7) is 4.07. The molecule has 0 saturated carbocycles. The SMILES string of the molecule is C#Cc1c(F)ccc2cccc(-c3ncc4c(N(C)C[C@@H]5CCCN5)nc(N5CCOCC5)nc4c3F)c12. The summed E-state index contributed by atoms with van der Waals surface area (Å²) in [5.41, 5.74) is 0.748. The number of pyridine rings is 1. The Morgan fingerprint density at radius 3 is 2.79 bits per heavy atom. The third kappa shape index (κ3) is 4.30. The summed E-state index contributed by atoms with van der Waals surface area (Å²) in [7, 11) is 1.96. The van der Waals surface area contributed by atoms with Gasteiger partial charge >= 0.3 is 0 Å². The monoisotopic (exact) mass is 514 g/mol. The molecule has 194 valence electrons. The van der Waals surface area contributed by atoms with Crippen LogP contribution in [0.5, 0.6) is 0 Å². The summed E-state index contributed by atoms with van der Waals surface area (Å²) in [5.74, 6) is 2.38. The highest BCUT2D eigenvalue weighted by Gasteiger charge is 2.25. The molecule has 4 heterocycles. The maximum absolute atomic E-state index is 16.4. The van der Waals surface area contributed by atoms with Gasteiger partial charge in [-0.05, 0) is 30.8 Å². The van der Waals surface area contributed by atoms with Gasteiger partial charge in [-0.2, -0.15) is 4.98 Å². The number of fused-ring (bicyclic) bond motifs is 2. The molecule has 0 radical (unpaired) electrons. The van der Waals surface area contributed by atoms with Crippen LogP contribution >= 0.6 is 0 Å². The zero-order valence-corrected chi connectivity index (χ0v) is 21.2. The molecule has 38 heavy (non-hydrogen) atoms. The lowest BCUT2D eigenvalue weighted by atomic mass is 9.96. The minimum absolute atomic E-state index is 0.0721. The Kier molecular flexibility index (Phi) is 6.52. The van der Waals surface area contributed by atoms with E-state index in [1.165, 1.54) is 6.07 Å². The van der Waals surface area contributed by atoms with Crippen LogP contribution in [0.25, 0.3) is 32.9 Å². The molecule has 2 aromatic heterocycles. The average molecular weight is 515 g/mol. The number of likely N-dealkylation sites (N-methyl/N-ethyl adjacent to an activating group) is 1. The minimum Gasteiger partial charge on any atom is -0.378 e. The molecule has 2 aliphatic heterocycles. The first-order valence-electron chi connectivity index (χ1n) is 12.9. The predicted octanol–water partition coefficient (Wildman–Crippen LogP) is 4.13. The van der Waals surface area contributed by atoms with Crippen molar-refractivity contribution < 1.29 is 13.5 Å². The van der Waals surface area contributed by atoms with Crippen LogP contribution in [0.2, 0.25) is 0 Å². The van der Waals surface area contributed by atoms with Gasteiger partial charge in [0.15, 0.2) is 5.82 Å². The molecule has 2 fully saturated rings. The molecule has 6 rings (SSSR count). The molecule has 0 amide bonds. The van der Waals surface area contributed by atoms with Crippen LogP contribution in [0.1, 0.15) is 18.4 Å². The van der Waals surface area contributed by atoms with Gasteiger partial charge < -0.3 is 19.9 Å². The molecule has 9 heteroatoms. The quantitative estimate of drug-likeness (QED) is 0.402. The van der Waals surface area contributed by atoms with Crippen molar-refractivity contribution in [2.75, 3.05) is 56.2 Å².